The highest BCUT2D eigenvalue weighted by atomic mass is 32.2. The molecule has 1 aromatic carbocycles. The second-order valence-corrected chi connectivity index (χ2v) is 13.2. The fourth-order valence-corrected chi connectivity index (χ4v) is 6.68. The minimum Gasteiger partial charge on any atom is -0.481 e. The first-order chi connectivity index (χ1) is 18.5. The van der Waals surface area contributed by atoms with Gasteiger partial charge in [-0.1, -0.05) is 43.5 Å². The number of carbonyl (C=O) groups excluding carboxylic acids is 1. The van der Waals surface area contributed by atoms with Crippen molar-refractivity contribution in [3.05, 3.63) is 47.5 Å². The van der Waals surface area contributed by atoms with E-state index in [0.717, 1.165) is 24.0 Å². The quantitative estimate of drug-likeness (QED) is 0.486. The summed E-state index contributed by atoms with van der Waals surface area (Å²) in [5.41, 5.74) is 0.0242. The van der Waals surface area contributed by atoms with E-state index in [1.165, 1.54) is 25.3 Å². The van der Waals surface area contributed by atoms with E-state index in [1.807, 2.05) is 24.0 Å². The van der Waals surface area contributed by atoms with Crippen LogP contribution in [0.3, 0.4) is 0 Å². The van der Waals surface area contributed by atoms with Gasteiger partial charge >= 0.3 is 5.97 Å². The van der Waals surface area contributed by atoms with Crippen LogP contribution in [0.15, 0.2) is 41.4 Å². The lowest BCUT2D eigenvalue weighted by Gasteiger charge is -2.37. The van der Waals surface area contributed by atoms with E-state index in [2.05, 4.69) is 15.8 Å². The number of carboxylic acid groups (broad SMARTS) is 1. The van der Waals surface area contributed by atoms with Crippen LogP contribution in [-0.2, 0) is 19.6 Å². The highest BCUT2D eigenvalue weighted by Gasteiger charge is 2.55. The van der Waals surface area contributed by atoms with Gasteiger partial charge in [0, 0.05) is 25.9 Å². The fourth-order valence-electron chi connectivity index (χ4n) is 5.67. The monoisotopic (exact) mass is 555 g/mol. The molecule has 2 aliphatic carbocycles. The van der Waals surface area contributed by atoms with E-state index in [4.69, 9.17) is 4.74 Å². The molecule has 3 fully saturated rings. The van der Waals surface area contributed by atoms with Crippen LogP contribution < -0.4 is 14.4 Å². The number of sulfonamides is 1. The first kappa shape index (κ1) is 27.4. The molecule has 0 atom stereocenters. The summed E-state index contributed by atoms with van der Waals surface area (Å²) in [5.74, 6) is 0.0104. The van der Waals surface area contributed by atoms with Crippen LogP contribution >= 0.6 is 0 Å². The van der Waals surface area contributed by atoms with Crippen molar-refractivity contribution in [3.8, 4) is 5.75 Å². The zero-order valence-electron chi connectivity index (χ0n) is 22.6. The van der Waals surface area contributed by atoms with Crippen LogP contribution in [0.4, 0.5) is 5.82 Å². The van der Waals surface area contributed by atoms with Gasteiger partial charge in [0.1, 0.15) is 11.6 Å². The highest BCUT2D eigenvalue weighted by Crippen LogP contribution is 2.46. The summed E-state index contributed by atoms with van der Waals surface area (Å²) in [4.78, 5) is 31.1. The number of nitrogens with one attached hydrogen (secondary N) is 1. The van der Waals surface area contributed by atoms with E-state index in [9.17, 15) is 23.1 Å². The maximum Gasteiger partial charge on any atom is 0.309 e. The highest BCUT2D eigenvalue weighted by molar-refractivity contribution is 7.90. The van der Waals surface area contributed by atoms with Crippen LogP contribution in [0.1, 0.15) is 81.8 Å². The van der Waals surface area contributed by atoms with Crippen LogP contribution in [0.2, 0.25) is 0 Å². The van der Waals surface area contributed by atoms with E-state index in [1.54, 1.807) is 19.1 Å². The molecule has 2 aromatic rings. The van der Waals surface area contributed by atoms with Gasteiger partial charge in [-0.2, -0.15) is 8.42 Å². The predicted molar refractivity (Wildman–Crippen MR) is 146 cm³/mol. The molecule has 0 spiro atoms. The Kier molecular flexibility index (Phi) is 7.35. The van der Waals surface area contributed by atoms with Gasteiger partial charge in [-0.15, -0.1) is 0 Å². The molecule has 2 saturated carbocycles. The number of hydrogen-bond acceptors (Lipinski definition) is 7. The standard InChI is InChI=1S/C29H37N3O6S/c1-20-8-6-11-22(21-9-4-3-5-10-21)25(20)38-29(14-15-29)26(33)31-39(36,37)24-13-7-12-23(30-24)32-18-16-28(2,17-19-32)27(34)35/h6-8,11-13,21H,3-5,9-10,14-19H2,1-2H3,(H,31,33)(H,34,35). The third-order valence-corrected chi connectivity index (χ3v) is 9.85. The van der Waals surface area contributed by atoms with Crippen LogP contribution in [0, 0.1) is 12.3 Å². The van der Waals surface area contributed by atoms with Gasteiger partial charge < -0.3 is 14.7 Å². The molecule has 3 aliphatic rings. The average molecular weight is 556 g/mol. The lowest BCUT2D eigenvalue weighted by molar-refractivity contribution is -0.149. The fraction of sp³-hybridized carbons (Fsp3) is 0.552. The number of pyridine rings is 1. The average Bonchev–Trinajstić information content (AvgIpc) is 3.71. The van der Waals surface area contributed by atoms with Crippen molar-refractivity contribution in [2.75, 3.05) is 18.0 Å². The SMILES string of the molecule is Cc1cccc(C2CCCCC2)c1OC1(C(=O)NS(=O)(=O)c2cccc(N3CCC(C)(C(=O)O)CC3)n2)CC1. The second-order valence-electron chi connectivity index (χ2n) is 11.5. The van der Waals surface area contributed by atoms with Gasteiger partial charge in [0.2, 0.25) is 0 Å². The summed E-state index contributed by atoms with van der Waals surface area (Å²) in [5, 5.41) is 9.23. The van der Waals surface area contributed by atoms with Crippen molar-refractivity contribution in [2.45, 2.75) is 88.2 Å². The minimum atomic E-state index is -4.24. The third kappa shape index (κ3) is 5.62. The predicted octanol–water partition coefficient (Wildman–Crippen LogP) is 4.55. The maximum absolute atomic E-state index is 13.3. The van der Waals surface area contributed by atoms with Crippen LogP contribution in [0.25, 0.3) is 0 Å². The molecule has 1 aromatic heterocycles. The molecule has 2 heterocycles. The lowest BCUT2D eigenvalue weighted by atomic mass is 9.80. The Labute approximate surface area is 230 Å². The number of piperidine rings is 1. The largest absolute Gasteiger partial charge is 0.481 e. The van der Waals surface area contributed by atoms with Crippen molar-refractivity contribution in [1.82, 2.24) is 9.71 Å². The van der Waals surface area contributed by atoms with Crippen LogP contribution in [-0.4, -0.2) is 49.1 Å². The lowest BCUT2D eigenvalue weighted by Crippen LogP contribution is -2.44. The number of benzene rings is 1. The number of ether oxygens (including phenoxy) is 1. The number of aromatic nitrogens is 1. The number of aliphatic carboxylic acids is 1. The first-order valence-corrected chi connectivity index (χ1v) is 15.3. The normalized spacial score (nSPS) is 20.7. The Hall–Kier alpha value is -3.14. The zero-order valence-corrected chi connectivity index (χ0v) is 23.4. The van der Waals surface area contributed by atoms with Gasteiger partial charge in [0.15, 0.2) is 10.6 Å². The molecular weight excluding hydrogens is 518 g/mol. The molecule has 39 heavy (non-hydrogen) atoms. The molecule has 0 bridgehead atoms. The number of carbonyl (C=O) groups is 2. The molecule has 10 heteroatoms. The van der Waals surface area contributed by atoms with Crippen molar-refractivity contribution >= 4 is 27.7 Å². The molecule has 0 radical (unpaired) electrons. The Balaban J connectivity index is 1.30. The number of rotatable bonds is 8. The Morgan fingerprint density at radius 1 is 1.03 bits per heavy atom. The Morgan fingerprint density at radius 2 is 1.69 bits per heavy atom. The van der Waals surface area contributed by atoms with Gasteiger partial charge in [0.25, 0.3) is 15.9 Å². The second kappa shape index (κ2) is 10.4. The van der Waals surface area contributed by atoms with Gasteiger partial charge in [-0.05, 0) is 68.7 Å². The summed E-state index contributed by atoms with van der Waals surface area (Å²) in [6, 6.07) is 10.7. The molecule has 210 valence electrons. The minimum absolute atomic E-state index is 0.255. The van der Waals surface area contributed by atoms with E-state index in [-0.39, 0.29) is 5.03 Å². The zero-order chi connectivity index (χ0) is 27.8. The van der Waals surface area contributed by atoms with Crippen molar-refractivity contribution in [2.24, 2.45) is 5.41 Å². The number of nitrogens with zero attached hydrogens (tertiary/aromatic N) is 2. The summed E-state index contributed by atoms with van der Waals surface area (Å²) in [7, 11) is -4.24. The number of carboxylic acids is 1. The van der Waals surface area contributed by atoms with Gasteiger partial charge in [0.05, 0.1) is 5.41 Å². The first-order valence-electron chi connectivity index (χ1n) is 13.8. The van der Waals surface area contributed by atoms with Gasteiger partial charge in [-0.3, -0.25) is 9.59 Å². The van der Waals surface area contributed by atoms with Crippen LogP contribution in [0.5, 0.6) is 5.75 Å². The van der Waals surface area contributed by atoms with Crippen molar-refractivity contribution in [1.29, 1.82) is 0 Å². The molecular formula is C29H37N3O6S. The molecule has 1 saturated heterocycles. The molecule has 0 unspecified atom stereocenters. The van der Waals surface area contributed by atoms with Crippen molar-refractivity contribution in [3.63, 3.8) is 0 Å². The smallest absolute Gasteiger partial charge is 0.309 e. The molecule has 5 rings (SSSR count). The van der Waals surface area contributed by atoms with Gasteiger partial charge in [-0.25, -0.2) is 9.71 Å². The number of aryl methyl sites for hydroxylation is 1. The molecule has 2 N–H and O–H groups in total. The number of para-hydroxylation sites is 1. The van der Waals surface area contributed by atoms with E-state index >= 15 is 0 Å². The molecule has 1 aliphatic heterocycles. The van der Waals surface area contributed by atoms with E-state index in [0.29, 0.717) is 56.3 Å². The summed E-state index contributed by atoms with van der Waals surface area (Å²) in [6.07, 6.45) is 7.49. The summed E-state index contributed by atoms with van der Waals surface area (Å²) >= 11 is 0. The number of anilines is 1. The Bertz CT molecular complexity index is 1360. The molecule has 9 nitrogen and oxygen atoms in total. The maximum atomic E-state index is 13.3. The molecule has 1 amide bonds. The number of amides is 1. The van der Waals surface area contributed by atoms with E-state index < -0.39 is 32.9 Å². The Morgan fingerprint density at radius 3 is 2.33 bits per heavy atom. The number of hydrogen-bond donors (Lipinski definition) is 2. The summed E-state index contributed by atoms with van der Waals surface area (Å²) < 4.78 is 35.1. The third-order valence-electron chi connectivity index (χ3n) is 8.62. The topological polar surface area (TPSA) is 126 Å². The summed E-state index contributed by atoms with van der Waals surface area (Å²) in [6.45, 7) is 4.58. The van der Waals surface area contributed by atoms with Crippen molar-refractivity contribution < 1.29 is 27.9 Å².